The molecule has 3 aliphatic heterocycles. The summed E-state index contributed by atoms with van der Waals surface area (Å²) in [7, 11) is 0. The molecule has 14 heteroatoms. The average molecular weight is 862 g/mol. The van der Waals surface area contributed by atoms with Crippen molar-refractivity contribution in [3.05, 3.63) is 71.3 Å². The Hall–Kier alpha value is -4.34. The first-order valence-corrected chi connectivity index (χ1v) is 22.6. The average Bonchev–Trinajstić information content (AvgIpc) is 3.78. The highest BCUT2D eigenvalue weighted by Crippen LogP contribution is 2.58. The number of carbonyl (C=O) groups is 4. The molecule has 6 rings (SSSR count). The zero-order valence-electron chi connectivity index (χ0n) is 37.1. The molecule has 3 heterocycles. The van der Waals surface area contributed by atoms with Crippen molar-refractivity contribution in [3.8, 4) is 5.75 Å². The summed E-state index contributed by atoms with van der Waals surface area (Å²) in [6.07, 6.45) is 9.00. The van der Waals surface area contributed by atoms with Crippen molar-refractivity contribution in [2.75, 3.05) is 13.2 Å². The summed E-state index contributed by atoms with van der Waals surface area (Å²) in [5.41, 5.74) is 0.502. The predicted octanol–water partition coefficient (Wildman–Crippen LogP) is 6.19. The van der Waals surface area contributed by atoms with E-state index < -0.39 is 77.1 Å². The summed E-state index contributed by atoms with van der Waals surface area (Å²) < 4.78 is 25.4. The van der Waals surface area contributed by atoms with Gasteiger partial charge in [0.2, 0.25) is 11.8 Å². The molecule has 0 radical (unpaired) electrons. The number of hydrogen-bond acceptors (Lipinski definition) is 12. The fourth-order valence-corrected chi connectivity index (χ4v) is 9.33. The Kier molecular flexibility index (Phi) is 15.9. The van der Waals surface area contributed by atoms with Gasteiger partial charge in [-0.25, -0.2) is 0 Å². The van der Waals surface area contributed by atoms with Crippen LogP contribution in [0.2, 0.25) is 0 Å². The number of fused-ring (bicyclic) bond motifs is 4. The Morgan fingerprint density at radius 2 is 1.71 bits per heavy atom. The van der Waals surface area contributed by atoms with Gasteiger partial charge in [-0.05, 0) is 69.2 Å². The maximum absolute atomic E-state index is 14.8. The van der Waals surface area contributed by atoms with E-state index in [1.807, 2.05) is 48.6 Å². The van der Waals surface area contributed by atoms with Crippen molar-refractivity contribution < 1.29 is 53.2 Å². The van der Waals surface area contributed by atoms with Crippen molar-refractivity contribution in [2.45, 2.75) is 173 Å². The molecule has 4 aliphatic rings. The van der Waals surface area contributed by atoms with E-state index in [0.29, 0.717) is 19.3 Å². The summed E-state index contributed by atoms with van der Waals surface area (Å²) >= 11 is 0. The molecule has 0 aromatic heterocycles. The molecule has 4 N–H and O–H groups in total. The Bertz CT molecular complexity index is 1890. The third-order valence-corrected chi connectivity index (χ3v) is 12.3. The van der Waals surface area contributed by atoms with Crippen molar-refractivity contribution in [1.29, 1.82) is 0 Å². The summed E-state index contributed by atoms with van der Waals surface area (Å²) in [5, 5.41) is 27.4. The summed E-state index contributed by atoms with van der Waals surface area (Å²) in [6, 6.07) is 13.2. The normalized spacial score (nSPS) is 25.6. The first kappa shape index (κ1) is 47.1. The zero-order chi connectivity index (χ0) is 44.5. The van der Waals surface area contributed by atoms with Crippen LogP contribution in [-0.2, 0) is 55.9 Å². The Morgan fingerprint density at radius 3 is 2.40 bits per heavy atom. The van der Waals surface area contributed by atoms with Gasteiger partial charge >= 0.3 is 11.9 Å². The van der Waals surface area contributed by atoms with E-state index in [1.54, 1.807) is 38.0 Å². The number of para-hydroxylation sites is 1. The number of ether oxygens (including phenoxy) is 4. The predicted molar refractivity (Wildman–Crippen MR) is 231 cm³/mol. The van der Waals surface area contributed by atoms with Crippen LogP contribution in [0.25, 0.3) is 6.08 Å². The third-order valence-electron chi connectivity index (χ3n) is 12.3. The first-order chi connectivity index (χ1) is 29.7. The number of hydrogen-bond donors (Lipinski definition) is 4. The van der Waals surface area contributed by atoms with Crippen LogP contribution in [-0.4, -0.2) is 100 Å². The highest BCUT2D eigenvalue weighted by atomic mass is 16.8. The first-order valence-electron chi connectivity index (χ1n) is 22.6. The van der Waals surface area contributed by atoms with E-state index >= 15 is 0 Å². The second-order valence-electron chi connectivity index (χ2n) is 18.3. The number of aliphatic hydroxyl groups excluding tert-OH is 1. The number of allylic oxidation sites excluding steroid dienone is 1. The number of nitrogens with zero attached hydrogens (tertiary/aromatic N) is 1. The molecular weight excluding hydrogens is 795 g/mol. The fourth-order valence-electron chi connectivity index (χ4n) is 9.33. The van der Waals surface area contributed by atoms with Crippen molar-refractivity contribution in [1.82, 2.24) is 15.7 Å². The Labute approximate surface area is 366 Å². The lowest BCUT2D eigenvalue weighted by Gasteiger charge is -2.48. The minimum atomic E-state index is -1.42. The number of phenolic OH excluding ortho intramolecular Hbond substituents is 1. The Balaban J connectivity index is 1.21. The van der Waals surface area contributed by atoms with Crippen molar-refractivity contribution in [3.63, 3.8) is 0 Å². The van der Waals surface area contributed by atoms with Gasteiger partial charge in [0.15, 0.2) is 11.8 Å². The molecule has 14 nitrogen and oxygen atoms in total. The van der Waals surface area contributed by atoms with Gasteiger partial charge in [-0.2, -0.15) is 5.06 Å². The van der Waals surface area contributed by atoms with Crippen LogP contribution in [0.15, 0.2) is 54.6 Å². The minimum Gasteiger partial charge on any atom is -0.508 e. The van der Waals surface area contributed by atoms with Gasteiger partial charge < -0.3 is 39.8 Å². The molecule has 2 bridgehead atoms. The smallest absolute Gasteiger partial charge is 0.327 e. The number of aliphatic hydroxyl groups is 1. The molecular formula is C48H67N3O11. The molecule has 340 valence electrons. The molecule has 2 amide bonds. The molecule has 3 saturated heterocycles. The van der Waals surface area contributed by atoms with Gasteiger partial charge in [-0.3, -0.25) is 24.0 Å². The number of hydroxylamine groups is 2. The summed E-state index contributed by atoms with van der Waals surface area (Å²) in [6.45, 7) is 9.36. The largest absolute Gasteiger partial charge is 0.508 e. The second-order valence-corrected chi connectivity index (χ2v) is 18.3. The standard InChI is InChI=1S/C48H67N3O11/c1-6-8-12-25-47(26-13-9-7-2)60-40-37-29-48(45(57)49-27-24-38(54)50-35(31-52)22-23-39(55)59-46(3,4)5)42(44(56)58-37)51(62-43(48)41(40)61-47)30-33-18-14-16-32(28-33)17-15-20-34-19-10-11-21-36(34)53/h10-11,14-19,21,28,35,37,40-43,52-53H,6-9,12-13,20,22-27,29-31H2,1-5H3,(H,49,57)(H,50,54)/t35-,37?,40-,41-,42-,43+,48?/m0/s1. The van der Waals surface area contributed by atoms with Crippen molar-refractivity contribution >= 4 is 29.8 Å². The number of esters is 2. The number of aromatic hydroxyl groups is 1. The topological polar surface area (TPSA) is 182 Å². The molecule has 2 unspecified atom stereocenters. The summed E-state index contributed by atoms with van der Waals surface area (Å²) in [5.74, 6) is -2.53. The van der Waals surface area contributed by atoms with Crippen LogP contribution < -0.4 is 10.6 Å². The lowest BCUT2D eigenvalue weighted by Crippen LogP contribution is -2.69. The second kappa shape index (κ2) is 20.9. The van der Waals surface area contributed by atoms with Gasteiger partial charge in [-0.15, -0.1) is 0 Å². The van der Waals surface area contributed by atoms with E-state index in [9.17, 15) is 29.4 Å². The third kappa shape index (κ3) is 11.2. The van der Waals surface area contributed by atoms with Crippen LogP contribution in [0.1, 0.15) is 128 Å². The number of phenols is 1. The lowest BCUT2D eigenvalue weighted by molar-refractivity contribution is -0.224. The van der Waals surface area contributed by atoms with Crippen molar-refractivity contribution in [2.24, 2.45) is 5.41 Å². The lowest BCUT2D eigenvalue weighted by atomic mass is 9.62. The van der Waals surface area contributed by atoms with E-state index in [0.717, 1.165) is 55.2 Å². The number of benzene rings is 2. The number of unbranched alkanes of at least 4 members (excludes halogenated alkanes) is 4. The zero-order valence-corrected chi connectivity index (χ0v) is 37.1. The summed E-state index contributed by atoms with van der Waals surface area (Å²) in [4.78, 5) is 61.2. The number of nitrogens with one attached hydrogen (secondary N) is 2. The SMILES string of the molecule is CCCCCC1(CCCCC)O[C@@H]2[C@H]3ON(Cc4cccc(C=CCc5ccccc5O)c4)[C@H]4C(=O)OC(CC34C(=O)NCCC(=O)N[C@H](CO)CCC(=O)OC(C)(C)C)[C@@H]2O1. The van der Waals surface area contributed by atoms with Gasteiger partial charge in [-0.1, -0.05) is 94.1 Å². The van der Waals surface area contributed by atoms with E-state index in [4.69, 9.17) is 23.8 Å². The van der Waals surface area contributed by atoms with E-state index in [-0.39, 0.29) is 51.1 Å². The highest BCUT2D eigenvalue weighted by Gasteiger charge is 2.76. The number of carbonyl (C=O) groups excluding carboxylic acids is 4. The monoisotopic (exact) mass is 861 g/mol. The number of rotatable bonds is 22. The maximum atomic E-state index is 14.8. The van der Waals surface area contributed by atoms with Gasteiger partial charge in [0.05, 0.1) is 19.2 Å². The molecule has 2 aromatic carbocycles. The van der Waals surface area contributed by atoms with Crippen LogP contribution in [0.4, 0.5) is 0 Å². The molecule has 2 aromatic rings. The van der Waals surface area contributed by atoms with Gasteiger partial charge in [0.1, 0.15) is 41.2 Å². The van der Waals surface area contributed by atoms with Gasteiger partial charge in [0.25, 0.3) is 0 Å². The fraction of sp³-hybridized carbons (Fsp3) is 0.625. The quantitative estimate of drug-likeness (QED) is 0.0780. The number of amides is 2. The molecule has 1 saturated carbocycles. The highest BCUT2D eigenvalue weighted by molar-refractivity contribution is 5.94. The minimum absolute atomic E-state index is 0.0195. The van der Waals surface area contributed by atoms with Crippen LogP contribution in [0, 0.1) is 5.41 Å². The van der Waals surface area contributed by atoms with E-state index in [1.165, 1.54) is 0 Å². The van der Waals surface area contributed by atoms with Crippen LogP contribution >= 0.6 is 0 Å². The van der Waals surface area contributed by atoms with E-state index in [2.05, 4.69) is 24.5 Å². The molecule has 7 atom stereocenters. The van der Waals surface area contributed by atoms with Crippen LogP contribution in [0.3, 0.4) is 0 Å². The maximum Gasteiger partial charge on any atom is 0.327 e. The molecule has 62 heavy (non-hydrogen) atoms. The molecule has 0 spiro atoms. The van der Waals surface area contributed by atoms with Gasteiger partial charge in [0, 0.05) is 38.6 Å². The molecule has 1 aliphatic carbocycles. The molecule has 4 fully saturated rings. The van der Waals surface area contributed by atoms with Crippen LogP contribution in [0.5, 0.6) is 5.75 Å². The Morgan fingerprint density at radius 1 is 0.984 bits per heavy atom.